The zero-order valence-electron chi connectivity index (χ0n) is 25.8. The summed E-state index contributed by atoms with van der Waals surface area (Å²) in [6, 6.07) is 19.4. The quantitative estimate of drug-likeness (QED) is 0.255. The molecular formula is C35H33FN8O3. The molecule has 0 saturated carbocycles. The average molecular weight is 633 g/mol. The number of carbonyl (C=O) groups excluding carboxylic acids is 2. The number of pyridine rings is 1. The molecule has 1 fully saturated rings. The minimum atomic E-state index is -1.13. The van der Waals surface area contributed by atoms with Gasteiger partial charge in [-0.25, -0.2) is 19.3 Å². The van der Waals surface area contributed by atoms with Crippen molar-refractivity contribution < 1.29 is 18.7 Å². The molecule has 0 bridgehead atoms. The summed E-state index contributed by atoms with van der Waals surface area (Å²) in [5, 5.41) is 10.2. The first-order valence-corrected chi connectivity index (χ1v) is 15.5. The van der Waals surface area contributed by atoms with Crippen molar-refractivity contribution in [2.24, 2.45) is 0 Å². The van der Waals surface area contributed by atoms with E-state index in [9.17, 15) is 14.0 Å². The van der Waals surface area contributed by atoms with Crippen molar-refractivity contribution >= 4 is 34.2 Å². The van der Waals surface area contributed by atoms with E-state index in [1.54, 1.807) is 42.7 Å². The molecule has 2 aliphatic rings. The van der Waals surface area contributed by atoms with Gasteiger partial charge in [-0.3, -0.25) is 19.6 Å². The lowest BCUT2D eigenvalue weighted by Gasteiger charge is -2.29. The first-order chi connectivity index (χ1) is 22.9. The Bertz CT molecular complexity index is 1950. The number of halogens is 1. The second kappa shape index (κ2) is 12.8. The number of H-pyrrole nitrogens is 1. The van der Waals surface area contributed by atoms with Crippen LogP contribution in [-0.4, -0.2) is 92.2 Å². The minimum absolute atomic E-state index is 0.0181. The van der Waals surface area contributed by atoms with Gasteiger partial charge in [0.2, 0.25) is 5.91 Å². The van der Waals surface area contributed by atoms with Gasteiger partial charge in [0.25, 0.3) is 5.91 Å². The molecule has 238 valence electrons. The number of carbonyl (C=O) groups is 2. The highest BCUT2D eigenvalue weighted by Crippen LogP contribution is 2.30. The molecule has 1 atom stereocenters. The molecule has 0 aliphatic carbocycles. The number of nitrogens with one attached hydrogen (secondary N) is 2. The highest BCUT2D eigenvalue weighted by Gasteiger charge is 2.45. The van der Waals surface area contributed by atoms with Crippen molar-refractivity contribution in [2.45, 2.75) is 18.4 Å². The molecule has 1 saturated heterocycles. The average Bonchev–Trinajstić information content (AvgIpc) is 3.74. The van der Waals surface area contributed by atoms with Crippen LogP contribution in [0.2, 0.25) is 0 Å². The molecule has 12 heteroatoms. The van der Waals surface area contributed by atoms with Crippen LogP contribution < -0.4 is 5.32 Å². The van der Waals surface area contributed by atoms with Gasteiger partial charge in [-0.2, -0.15) is 5.10 Å². The zero-order chi connectivity index (χ0) is 32.4. The van der Waals surface area contributed by atoms with E-state index in [0.717, 1.165) is 17.5 Å². The van der Waals surface area contributed by atoms with Gasteiger partial charge in [0, 0.05) is 56.8 Å². The number of fused-ring (bicyclic) bond motifs is 1. The third kappa shape index (κ3) is 6.25. The summed E-state index contributed by atoms with van der Waals surface area (Å²) >= 11 is 0. The van der Waals surface area contributed by atoms with Crippen molar-refractivity contribution in [2.75, 3.05) is 45.2 Å². The number of amides is 2. The topological polar surface area (TPSA) is 129 Å². The maximum atomic E-state index is 13.6. The molecule has 47 heavy (non-hydrogen) atoms. The van der Waals surface area contributed by atoms with Crippen molar-refractivity contribution in [1.82, 2.24) is 34.9 Å². The number of hydrogen-bond acceptors (Lipinski definition) is 8. The standard InChI is InChI=1S/C35H33FN8O3/c1-47-35(34(46)40-29-12-11-28-32(39-29)31(42-41-28)25-7-9-27(36)10-8-25)15-20-43(22-35)21-30(45)44-18-13-24(14-19-44)23-3-5-26(6-4-23)33-37-16-2-17-38-33/h2-13,16-17H,14-15,18-22H2,1H3,(H,41,42)(H,39,40,46)/t35-/m0/s1. The molecule has 0 spiro atoms. The summed E-state index contributed by atoms with van der Waals surface area (Å²) in [4.78, 5) is 43.9. The molecule has 2 amide bonds. The Labute approximate surface area is 270 Å². The summed E-state index contributed by atoms with van der Waals surface area (Å²) < 4.78 is 19.2. The summed E-state index contributed by atoms with van der Waals surface area (Å²) in [5.41, 5.74) is 4.66. The minimum Gasteiger partial charge on any atom is -0.367 e. The number of aromatic nitrogens is 5. The highest BCUT2D eigenvalue weighted by molar-refractivity contribution is 5.99. The van der Waals surface area contributed by atoms with Crippen molar-refractivity contribution in [3.8, 4) is 22.6 Å². The molecule has 7 rings (SSSR count). The van der Waals surface area contributed by atoms with Crippen molar-refractivity contribution in [3.05, 3.63) is 96.6 Å². The predicted molar refractivity (Wildman–Crippen MR) is 175 cm³/mol. The Morgan fingerprint density at radius 2 is 1.72 bits per heavy atom. The maximum absolute atomic E-state index is 13.6. The van der Waals surface area contributed by atoms with E-state index in [0.29, 0.717) is 60.0 Å². The maximum Gasteiger partial charge on any atom is 0.259 e. The number of likely N-dealkylation sites (tertiary alicyclic amines) is 1. The molecule has 2 aromatic carbocycles. The molecule has 2 aliphatic heterocycles. The second-order valence-electron chi connectivity index (χ2n) is 11.8. The van der Waals surface area contributed by atoms with Gasteiger partial charge in [-0.05, 0) is 66.4 Å². The van der Waals surface area contributed by atoms with Crippen LogP contribution in [0.4, 0.5) is 10.2 Å². The number of benzene rings is 2. The number of anilines is 1. The van der Waals surface area contributed by atoms with Crippen molar-refractivity contribution in [1.29, 1.82) is 0 Å². The van der Waals surface area contributed by atoms with Gasteiger partial charge >= 0.3 is 0 Å². The Morgan fingerprint density at radius 3 is 2.45 bits per heavy atom. The lowest BCUT2D eigenvalue weighted by Crippen LogP contribution is -2.48. The first-order valence-electron chi connectivity index (χ1n) is 15.5. The largest absolute Gasteiger partial charge is 0.367 e. The summed E-state index contributed by atoms with van der Waals surface area (Å²) in [6.45, 7) is 2.18. The molecule has 5 heterocycles. The van der Waals surface area contributed by atoms with Gasteiger partial charge in [-0.15, -0.1) is 0 Å². The number of aromatic amines is 1. The van der Waals surface area contributed by atoms with E-state index in [4.69, 9.17) is 4.74 Å². The molecule has 3 aromatic heterocycles. The SMILES string of the molecule is CO[C@@]1(C(=O)Nc2ccc3[nH]nc(-c4ccc(F)cc4)c3n2)CCN(CC(=O)N2CC=C(c3ccc(-c4ncccn4)cc3)CC2)C1. The van der Waals surface area contributed by atoms with Gasteiger partial charge in [0.05, 0.1) is 12.1 Å². The molecule has 5 aromatic rings. The summed E-state index contributed by atoms with van der Waals surface area (Å²) in [5.74, 6) is 0.381. The van der Waals surface area contributed by atoms with E-state index < -0.39 is 5.60 Å². The van der Waals surface area contributed by atoms with Crippen LogP contribution in [0.15, 0.2) is 85.2 Å². The van der Waals surface area contributed by atoms with Crippen LogP contribution in [0.25, 0.3) is 39.3 Å². The molecule has 0 radical (unpaired) electrons. The zero-order valence-corrected chi connectivity index (χ0v) is 25.8. The van der Waals surface area contributed by atoms with Crippen LogP contribution in [0, 0.1) is 5.82 Å². The van der Waals surface area contributed by atoms with Crippen molar-refractivity contribution in [3.63, 3.8) is 0 Å². The lowest BCUT2D eigenvalue weighted by atomic mass is 9.98. The number of methoxy groups -OCH3 is 1. The predicted octanol–water partition coefficient (Wildman–Crippen LogP) is 4.57. The Balaban J connectivity index is 0.960. The van der Waals surface area contributed by atoms with Gasteiger partial charge in [0.1, 0.15) is 22.8 Å². The molecule has 0 unspecified atom stereocenters. The van der Waals surface area contributed by atoms with Gasteiger partial charge in [0.15, 0.2) is 11.4 Å². The number of ether oxygens (including phenoxy) is 1. The normalized spacial score (nSPS) is 18.3. The van der Waals surface area contributed by atoms with E-state index in [1.165, 1.54) is 24.8 Å². The van der Waals surface area contributed by atoms with E-state index in [2.05, 4.69) is 48.7 Å². The lowest BCUT2D eigenvalue weighted by molar-refractivity contribution is -0.138. The van der Waals surface area contributed by atoms with Crippen LogP contribution >= 0.6 is 0 Å². The molecule has 11 nitrogen and oxygen atoms in total. The Morgan fingerprint density at radius 1 is 0.979 bits per heavy atom. The van der Waals surface area contributed by atoms with E-state index in [-0.39, 0.29) is 30.7 Å². The van der Waals surface area contributed by atoms with E-state index in [1.807, 2.05) is 21.9 Å². The first kappa shape index (κ1) is 30.3. The van der Waals surface area contributed by atoms with Crippen LogP contribution in [-0.2, 0) is 14.3 Å². The number of hydrogen-bond donors (Lipinski definition) is 2. The smallest absolute Gasteiger partial charge is 0.259 e. The van der Waals surface area contributed by atoms with Crippen LogP contribution in [0.1, 0.15) is 18.4 Å². The van der Waals surface area contributed by atoms with Crippen LogP contribution in [0.5, 0.6) is 0 Å². The summed E-state index contributed by atoms with van der Waals surface area (Å²) in [7, 11) is 1.51. The second-order valence-corrected chi connectivity index (χ2v) is 11.8. The van der Waals surface area contributed by atoms with Gasteiger partial charge in [-0.1, -0.05) is 30.3 Å². The third-order valence-electron chi connectivity index (χ3n) is 8.88. The highest BCUT2D eigenvalue weighted by atomic mass is 19.1. The Hall–Kier alpha value is -5.33. The number of nitrogens with zero attached hydrogens (tertiary/aromatic N) is 6. The monoisotopic (exact) mass is 632 g/mol. The van der Waals surface area contributed by atoms with Gasteiger partial charge < -0.3 is 15.0 Å². The summed E-state index contributed by atoms with van der Waals surface area (Å²) in [6.07, 6.45) is 6.76. The van der Waals surface area contributed by atoms with E-state index >= 15 is 0 Å². The molecule has 2 N–H and O–H groups in total. The fourth-order valence-electron chi connectivity index (χ4n) is 6.18. The fourth-order valence-corrected chi connectivity index (χ4v) is 6.18. The molecular weight excluding hydrogens is 599 g/mol. The fraction of sp³-hybridized carbons (Fsp3) is 0.257. The Kier molecular flexibility index (Phi) is 8.27. The van der Waals surface area contributed by atoms with Crippen LogP contribution in [0.3, 0.4) is 0 Å². The third-order valence-corrected chi connectivity index (χ3v) is 8.88. The number of rotatable bonds is 8.